The Hall–Kier alpha value is -1.75. The van der Waals surface area contributed by atoms with Crippen molar-refractivity contribution in [3.05, 3.63) is 36.0 Å². The number of amides is 1. The van der Waals surface area contributed by atoms with Gasteiger partial charge in [-0.2, -0.15) is 0 Å². The standard InChI is InChI=1S/C14H19NO/c1-6-9-13(12(2)3)10-7-8-11-14(16)15(4)5/h1,7-8,10H,2,9,11H2,3-5H3/b8-7-,13-10+. The van der Waals surface area contributed by atoms with Crippen LogP contribution < -0.4 is 0 Å². The minimum atomic E-state index is 0.0819. The van der Waals surface area contributed by atoms with E-state index in [0.29, 0.717) is 12.8 Å². The van der Waals surface area contributed by atoms with Gasteiger partial charge in [-0.3, -0.25) is 4.79 Å². The molecule has 0 fully saturated rings. The molecule has 1 amide bonds. The molecular weight excluding hydrogens is 198 g/mol. The molecule has 0 aliphatic heterocycles. The molecule has 0 bridgehead atoms. The maximum Gasteiger partial charge on any atom is 0.225 e. The van der Waals surface area contributed by atoms with Crippen LogP contribution in [0.15, 0.2) is 36.0 Å². The predicted molar refractivity (Wildman–Crippen MR) is 68.8 cm³/mol. The molecule has 0 aliphatic rings. The first-order valence-corrected chi connectivity index (χ1v) is 5.14. The Labute approximate surface area is 98.3 Å². The van der Waals surface area contributed by atoms with Crippen molar-refractivity contribution in [2.45, 2.75) is 19.8 Å². The van der Waals surface area contributed by atoms with Crippen molar-refractivity contribution in [1.82, 2.24) is 4.90 Å². The molecule has 0 N–H and O–H groups in total. The Morgan fingerprint density at radius 1 is 1.50 bits per heavy atom. The van der Waals surface area contributed by atoms with E-state index in [1.807, 2.05) is 25.2 Å². The van der Waals surface area contributed by atoms with Crippen LogP contribution in [0.2, 0.25) is 0 Å². The van der Waals surface area contributed by atoms with E-state index in [0.717, 1.165) is 11.1 Å². The van der Waals surface area contributed by atoms with E-state index in [2.05, 4.69) is 12.5 Å². The summed E-state index contributed by atoms with van der Waals surface area (Å²) < 4.78 is 0. The number of hydrogen-bond acceptors (Lipinski definition) is 1. The van der Waals surface area contributed by atoms with E-state index in [9.17, 15) is 4.79 Å². The Bertz CT molecular complexity index is 353. The monoisotopic (exact) mass is 217 g/mol. The van der Waals surface area contributed by atoms with Crippen molar-refractivity contribution in [1.29, 1.82) is 0 Å². The van der Waals surface area contributed by atoms with Gasteiger partial charge in [-0.1, -0.05) is 30.4 Å². The van der Waals surface area contributed by atoms with Gasteiger partial charge in [-0.25, -0.2) is 0 Å². The third-order valence-corrected chi connectivity index (χ3v) is 2.07. The molecule has 0 aromatic carbocycles. The number of carbonyl (C=O) groups excluding carboxylic acids is 1. The molecule has 0 aromatic rings. The first-order chi connectivity index (χ1) is 7.49. The Morgan fingerprint density at radius 3 is 2.56 bits per heavy atom. The molecule has 0 spiro atoms. The van der Waals surface area contributed by atoms with Gasteiger partial charge in [0.1, 0.15) is 0 Å². The summed E-state index contributed by atoms with van der Waals surface area (Å²) in [6, 6.07) is 0. The first kappa shape index (κ1) is 14.2. The lowest BCUT2D eigenvalue weighted by Crippen LogP contribution is -2.20. The normalized spacial score (nSPS) is 11.2. The second-order valence-electron chi connectivity index (χ2n) is 3.77. The molecule has 0 rings (SSSR count). The zero-order chi connectivity index (χ0) is 12.6. The Balaban J connectivity index is 4.33. The van der Waals surface area contributed by atoms with Gasteiger partial charge in [0.15, 0.2) is 0 Å². The molecule has 2 nitrogen and oxygen atoms in total. The Kier molecular flexibility index (Phi) is 6.71. The largest absolute Gasteiger partial charge is 0.349 e. The van der Waals surface area contributed by atoms with Gasteiger partial charge in [0.25, 0.3) is 0 Å². The van der Waals surface area contributed by atoms with Crippen molar-refractivity contribution in [2.75, 3.05) is 14.1 Å². The minimum Gasteiger partial charge on any atom is -0.349 e. The fraction of sp³-hybridized carbons (Fsp3) is 0.357. The van der Waals surface area contributed by atoms with Gasteiger partial charge < -0.3 is 4.90 Å². The third-order valence-electron chi connectivity index (χ3n) is 2.07. The molecule has 0 heterocycles. The average Bonchev–Trinajstić information content (AvgIpc) is 2.21. The topological polar surface area (TPSA) is 20.3 Å². The van der Waals surface area contributed by atoms with Gasteiger partial charge in [-0.05, 0) is 12.5 Å². The van der Waals surface area contributed by atoms with Crippen molar-refractivity contribution < 1.29 is 4.79 Å². The summed E-state index contributed by atoms with van der Waals surface area (Å²) in [6.07, 6.45) is 11.8. The second kappa shape index (κ2) is 7.53. The molecule has 0 aliphatic carbocycles. The molecule has 0 saturated carbocycles. The van der Waals surface area contributed by atoms with Crippen LogP contribution in [0, 0.1) is 12.3 Å². The quantitative estimate of drug-likeness (QED) is 0.512. The fourth-order valence-electron chi connectivity index (χ4n) is 0.998. The molecule has 2 heteroatoms. The lowest BCUT2D eigenvalue weighted by Gasteiger charge is -2.06. The van der Waals surface area contributed by atoms with Gasteiger partial charge in [0.05, 0.1) is 0 Å². The summed E-state index contributed by atoms with van der Waals surface area (Å²) in [7, 11) is 3.48. The molecule has 0 atom stereocenters. The average molecular weight is 217 g/mol. The van der Waals surface area contributed by atoms with Gasteiger partial charge in [0.2, 0.25) is 5.91 Å². The smallest absolute Gasteiger partial charge is 0.225 e. The van der Waals surface area contributed by atoms with Crippen LogP contribution in [-0.4, -0.2) is 24.9 Å². The minimum absolute atomic E-state index is 0.0819. The zero-order valence-corrected chi connectivity index (χ0v) is 10.3. The molecule has 0 radical (unpaired) electrons. The lowest BCUT2D eigenvalue weighted by atomic mass is 10.1. The summed E-state index contributed by atoms with van der Waals surface area (Å²) in [4.78, 5) is 12.8. The van der Waals surface area contributed by atoms with Gasteiger partial charge in [0, 0.05) is 26.9 Å². The van der Waals surface area contributed by atoms with Gasteiger partial charge >= 0.3 is 0 Å². The van der Waals surface area contributed by atoms with E-state index < -0.39 is 0 Å². The maximum atomic E-state index is 11.3. The highest BCUT2D eigenvalue weighted by Gasteiger charge is 1.98. The van der Waals surface area contributed by atoms with E-state index in [4.69, 9.17) is 6.42 Å². The van der Waals surface area contributed by atoms with Crippen LogP contribution >= 0.6 is 0 Å². The van der Waals surface area contributed by atoms with Crippen LogP contribution in [0.3, 0.4) is 0 Å². The molecular formula is C14H19NO. The summed E-state index contributed by atoms with van der Waals surface area (Å²) in [5.41, 5.74) is 1.98. The molecule has 86 valence electrons. The summed E-state index contributed by atoms with van der Waals surface area (Å²) in [6.45, 7) is 5.76. The van der Waals surface area contributed by atoms with E-state index in [1.165, 1.54) is 0 Å². The van der Waals surface area contributed by atoms with Crippen molar-refractivity contribution >= 4 is 5.91 Å². The van der Waals surface area contributed by atoms with Crippen LogP contribution in [0.5, 0.6) is 0 Å². The number of terminal acetylenes is 1. The third kappa shape index (κ3) is 5.87. The van der Waals surface area contributed by atoms with E-state index in [1.54, 1.807) is 19.0 Å². The van der Waals surface area contributed by atoms with Crippen LogP contribution in [-0.2, 0) is 4.79 Å². The number of carbonyl (C=O) groups is 1. The number of nitrogens with zero attached hydrogens (tertiary/aromatic N) is 1. The maximum absolute atomic E-state index is 11.3. The van der Waals surface area contributed by atoms with Crippen LogP contribution in [0.4, 0.5) is 0 Å². The molecule has 16 heavy (non-hydrogen) atoms. The van der Waals surface area contributed by atoms with Gasteiger partial charge in [-0.15, -0.1) is 12.3 Å². The summed E-state index contributed by atoms with van der Waals surface area (Å²) >= 11 is 0. The second-order valence-corrected chi connectivity index (χ2v) is 3.77. The predicted octanol–water partition coefficient (Wildman–Crippen LogP) is 2.55. The van der Waals surface area contributed by atoms with Crippen LogP contribution in [0.25, 0.3) is 0 Å². The SMILES string of the molecule is C#CC/C(=C\C=C/CC(=O)N(C)C)C(=C)C. The molecule has 0 unspecified atom stereocenters. The molecule has 0 saturated heterocycles. The van der Waals surface area contributed by atoms with Crippen molar-refractivity contribution in [2.24, 2.45) is 0 Å². The Morgan fingerprint density at radius 2 is 2.12 bits per heavy atom. The van der Waals surface area contributed by atoms with Crippen molar-refractivity contribution in [3.8, 4) is 12.3 Å². The van der Waals surface area contributed by atoms with Crippen molar-refractivity contribution in [3.63, 3.8) is 0 Å². The number of allylic oxidation sites excluding steroid dienone is 4. The summed E-state index contributed by atoms with van der Waals surface area (Å²) in [5, 5.41) is 0. The highest BCUT2D eigenvalue weighted by Crippen LogP contribution is 2.10. The highest BCUT2D eigenvalue weighted by atomic mass is 16.2. The van der Waals surface area contributed by atoms with E-state index in [-0.39, 0.29) is 5.91 Å². The lowest BCUT2D eigenvalue weighted by molar-refractivity contribution is -0.127. The fourth-order valence-corrected chi connectivity index (χ4v) is 0.998. The zero-order valence-electron chi connectivity index (χ0n) is 10.3. The van der Waals surface area contributed by atoms with Crippen LogP contribution in [0.1, 0.15) is 19.8 Å². The summed E-state index contributed by atoms with van der Waals surface area (Å²) in [5.74, 6) is 2.66. The first-order valence-electron chi connectivity index (χ1n) is 5.14. The number of hydrogen-bond donors (Lipinski definition) is 0. The number of rotatable bonds is 5. The van der Waals surface area contributed by atoms with E-state index >= 15 is 0 Å². The highest BCUT2D eigenvalue weighted by molar-refractivity contribution is 5.77. The molecule has 0 aromatic heterocycles.